The van der Waals surface area contributed by atoms with Crippen LogP contribution in [-0.2, 0) is 4.79 Å². The topological polar surface area (TPSA) is 84.7 Å². The van der Waals surface area contributed by atoms with Crippen molar-refractivity contribution in [1.82, 2.24) is 10.2 Å². The van der Waals surface area contributed by atoms with Crippen molar-refractivity contribution in [2.24, 2.45) is 0 Å². The zero-order valence-electron chi connectivity index (χ0n) is 12.3. The number of methoxy groups -OCH3 is 1. The van der Waals surface area contributed by atoms with E-state index in [2.05, 4.69) is 5.32 Å². The second-order valence-electron chi connectivity index (χ2n) is 4.84. The van der Waals surface area contributed by atoms with Crippen LogP contribution in [0.4, 0.5) is 5.69 Å². The molecule has 1 aromatic rings. The van der Waals surface area contributed by atoms with Gasteiger partial charge in [-0.2, -0.15) is 0 Å². The van der Waals surface area contributed by atoms with E-state index in [0.29, 0.717) is 17.0 Å². The Morgan fingerprint density at radius 1 is 1.40 bits per heavy atom. The minimum absolute atomic E-state index is 0.00368. The van der Waals surface area contributed by atoms with E-state index in [-0.39, 0.29) is 24.4 Å². The summed E-state index contributed by atoms with van der Waals surface area (Å²) in [6.07, 6.45) is 0. The highest BCUT2D eigenvalue weighted by Crippen LogP contribution is 2.22. The zero-order valence-corrected chi connectivity index (χ0v) is 12.3. The summed E-state index contributed by atoms with van der Waals surface area (Å²) in [5.74, 6) is -0.0173. The molecule has 0 spiro atoms. The molecule has 6 heteroatoms. The molecule has 0 aromatic heterocycles. The Morgan fingerprint density at radius 2 is 2.05 bits per heavy atom. The molecule has 0 saturated heterocycles. The Hall–Kier alpha value is -2.24. The van der Waals surface area contributed by atoms with E-state index >= 15 is 0 Å². The molecule has 0 fully saturated rings. The third kappa shape index (κ3) is 4.15. The smallest absolute Gasteiger partial charge is 0.254 e. The van der Waals surface area contributed by atoms with E-state index in [9.17, 15) is 9.59 Å². The molecule has 20 heavy (non-hydrogen) atoms. The summed E-state index contributed by atoms with van der Waals surface area (Å²) in [6.45, 7) is 3.73. The first-order valence-corrected chi connectivity index (χ1v) is 6.33. The third-order valence-corrected chi connectivity index (χ3v) is 2.66. The minimum atomic E-state index is -0.262. The van der Waals surface area contributed by atoms with Crippen molar-refractivity contribution in [2.75, 3.05) is 26.4 Å². The van der Waals surface area contributed by atoms with Crippen LogP contribution in [0.1, 0.15) is 24.2 Å². The van der Waals surface area contributed by atoms with Crippen molar-refractivity contribution in [3.63, 3.8) is 0 Å². The molecule has 2 amide bonds. The molecule has 0 radical (unpaired) electrons. The van der Waals surface area contributed by atoms with Crippen LogP contribution in [0.3, 0.4) is 0 Å². The lowest BCUT2D eigenvalue weighted by Crippen LogP contribution is -2.40. The van der Waals surface area contributed by atoms with Crippen molar-refractivity contribution in [3.05, 3.63) is 23.8 Å². The third-order valence-electron chi connectivity index (χ3n) is 2.66. The molecular formula is C14H21N3O3. The lowest BCUT2D eigenvalue weighted by Gasteiger charge is -2.18. The van der Waals surface area contributed by atoms with Gasteiger partial charge in [-0.25, -0.2) is 0 Å². The fourth-order valence-electron chi connectivity index (χ4n) is 1.72. The van der Waals surface area contributed by atoms with Gasteiger partial charge in [-0.05, 0) is 32.0 Å². The van der Waals surface area contributed by atoms with Crippen molar-refractivity contribution in [2.45, 2.75) is 19.9 Å². The second-order valence-corrected chi connectivity index (χ2v) is 4.84. The quantitative estimate of drug-likeness (QED) is 0.783. The lowest BCUT2D eigenvalue weighted by molar-refractivity contribution is -0.122. The molecule has 3 N–H and O–H groups in total. The van der Waals surface area contributed by atoms with Gasteiger partial charge in [0.25, 0.3) is 5.91 Å². The first-order chi connectivity index (χ1) is 9.35. The molecule has 0 aliphatic heterocycles. The number of nitrogen functional groups attached to an aromatic ring is 1. The standard InChI is InChI=1S/C14H21N3O3/c1-9(2)16-13(18)8-17(3)14(19)10-5-6-11(15)12(7-10)20-4/h5-7,9H,8,15H2,1-4H3,(H,16,18). The number of carbonyl (C=O) groups is 2. The van der Waals surface area contributed by atoms with Gasteiger partial charge in [0, 0.05) is 18.7 Å². The molecule has 6 nitrogen and oxygen atoms in total. The summed E-state index contributed by atoms with van der Waals surface area (Å²) in [4.78, 5) is 25.2. The molecule has 0 aliphatic rings. The second kappa shape index (κ2) is 6.79. The number of hydrogen-bond donors (Lipinski definition) is 2. The number of amides is 2. The molecular weight excluding hydrogens is 258 g/mol. The van der Waals surface area contributed by atoms with Crippen LogP contribution in [-0.4, -0.2) is 43.5 Å². The van der Waals surface area contributed by atoms with Crippen molar-refractivity contribution < 1.29 is 14.3 Å². The molecule has 0 heterocycles. The zero-order chi connectivity index (χ0) is 15.3. The van der Waals surface area contributed by atoms with Gasteiger partial charge in [-0.3, -0.25) is 9.59 Å². The van der Waals surface area contributed by atoms with Crippen LogP contribution in [0.5, 0.6) is 5.75 Å². The monoisotopic (exact) mass is 279 g/mol. The number of rotatable bonds is 5. The fourth-order valence-corrected chi connectivity index (χ4v) is 1.72. The number of nitrogens with zero attached hydrogens (tertiary/aromatic N) is 1. The van der Waals surface area contributed by atoms with Crippen molar-refractivity contribution >= 4 is 17.5 Å². The largest absolute Gasteiger partial charge is 0.495 e. The Morgan fingerprint density at radius 3 is 2.60 bits per heavy atom. The van der Waals surface area contributed by atoms with Crippen LogP contribution >= 0.6 is 0 Å². The number of nitrogens with two attached hydrogens (primary N) is 1. The van der Waals surface area contributed by atoms with Crippen molar-refractivity contribution in [3.8, 4) is 5.75 Å². The Bertz CT molecular complexity index is 500. The molecule has 0 bridgehead atoms. The van der Waals surface area contributed by atoms with Gasteiger partial charge in [0.1, 0.15) is 5.75 Å². The Kier molecular flexibility index (Phi) is 5.37. The van der Waals surface area contributed by atoms with E-state index in [4.69, 9.17) is 10.5 Å². The molecule has 110 valence electrons. The Labute approximate surface area is 118 Å². The van der Waals surface area contributed by atoms with Crippen LogP contribution in [0, 0.1) is 0 Å². The normalized spacial score (nSPS) is 10.2. The van der Waals surface area contributed by atoms with Gasteiger partial charge in [0.15, 0.2) is 0 Å². The summed E-state index contributed by atoms with van der Waals surface area (Å²) in [6, 6.07) is 4.82. The lowest BCUT2D eigenvalue weighted by atomic mass is 10.1. The summed E-state index contributed by atoms with van der Waals surface area (Å²) < 4.78 is 5.07. The summed E-state index contributed by atoms with van der Waals surface area (Å²) in [5.41, 5.74) is 6.59. The molecule has 0 aliphatic carbocycles. The van der Waals surface area contributed by atoms with Gasteiger partial charge >= 0.3 is 0 Å². The fraction of sp³-hybridized carbons (Fsp3) is 0.429. The maximum atomic E-state index is 12.2. The maximum Gasteiger partial charge on any atom is 0.254 e. The van der Waals surface area contributed by atoms with E-state index < -0.39 is 0 Å². The van der Waals surface area contributed by atoms with Crippen LogP contribution in [0.2, 0.25) is 0 Å². The van der Waals surface area contributed by atoms with Gasteiger partial charge in [-0.15, -0.1) is 0 Å². The summed E-state index contributed by atoms with van der Waals surface area (Å²) in [5, 5.41) is 2.73. The number of ether oxygens (including phenoxy) is 1. The van der Waals surface area contributed by atoms with Crippen LogP contribution < -0.4 is 15.8 Å². The van der Waals surface area contributed by atoms with E-state index in [0.717, 1.165) is 0 Å². The van der Waals surface area contributed by atoms with E-state index in [1.807, 2.05) is 13.8 Å². The average Bonchev–Trinajstić information content (AvgIpc) is 2.37. The molecule has 1 rings (SSSR count). The SMILES string of the molecule is COc1cc(C(=O)N(C)CC(=O)NC(C)C)ccc1N. The highest BCUT2D eigenvalue weighted by molar-refractivity contribution is 5.97. The molecule has 1 aromatic carbocycles. The first kappa shape index (κ1) is 15.8. The number of anilines is 1. The number of nitrogens with one attached hydrogen (secondary N) is 1. The van der Waals surface area contributed by atoms with Gasteiger partial charge in [0.05, 0.1) is 19.3 Å². The summed E-state index contributed by atoms with van der Waals surface area (Å²) >= 11 is 0. The van der Waals surface area contributed by atoms with E-state index in [1.165, 1.54) is 12.0 Å². The van der Waals surface area contributed by atoms with E-state index in [1.54, 1.807) is 25.2 Å². The summed E-state index contributed by atoms with van der Waals surface area (Å²) in [7, 11) is 3.06. The van der Waals surface area contributed by atoms with Crippen LogP contribution in [0.15, 0.2) is 18.2 Å². The van der Waals surface area contributed by atoms with Gasteiger partial charge in [0.2, 0.25) is 5.91 Å². The predicted molar refractivity (Wildman–Crippen MR) is 77.6 cm³/mol. The Balaban J connectivity index is 2.76. The number of hydrogen-bond acceptors (Lipinski definition) is 4. The predicted octanol–water partition coefficient (Wildman–Crippen LogP) is 0.874. The molecule has 0 unspecified atom stereocenters. The average molecular weight is 279 g/mol. The highest BCUT2D eigenvalue weighted by Gasteiger charge is 2.16. The van der Waals surface area contributed by atoms with Crippen molar-refractivity contribution in [1.29, 1.82) is 0 Å². The maximum absolute atomic E-state index is 12.2. The number of benzene rings is 1. The molecule has 0 saturated carbocycles. The highest BCUT2D eigenvalue weighted by atomic mass is 16.5. The number of carbonyl (C=O) groups excluding carboxylic acids is 2. The van der Waals surface area contributed by atoms with Gasteiger partial charge in [-0.1, -0.05) is 0 Å². The van der Waals surface area contributed by atoms with Crippen LogP contribution in [0.25, 0.3) is 0 Å². The first-order valence-electron chi connectivity index (χ1n) is 6.33. The molecule has 0 atom stereocenters. The minimum Gasteiger partial charge on any atom is -0.495 e. The number of likely N-dealkylation sites (N-methyl/N-ethyl adjacent to an activating group) is 1. The van der Waals surface area contributed by atoms with Gasteiger partial charge < -0.3 is 20.7 Å².